The number of benzene rings is 1. The van der Waals surface area contributed by atoms with Gasteiger partial charge >= 0.3 is 5.97 Å². The summed E-state index contributed by atoms with van der Waals surface area (Å²) in [5, 5.41) is 24.3. The average molecular weight is 355 g/mol. The number of carboxylic acid groups (broad SMARTS) is 1. The molecule has 0 bridgehead atoms. The van der Waals surface area contributed by atoms with Crippen LogP contribution in [0.1, 0.15) is 27.7 Å². The Balaban J connectivity index is 2.34. The lowest BCUT2D eigenvalue weighted by Crippen LogP contribution is -2.30. The maximum Gasteiger partial charge on any atom is 0.305 e. The van der Waals surface area contributed by atoms with Crippen LogP contribution in [0.15, 0.2) is 35.7 Å². The van der Waals surface area contributed by atoms with E-state index in [-0.39, 0.29) is 16.3 Å². The SMILES string of the molecule is O=C(O)C[C@H](NC(=O)c1cccs1)c1cc([N+](=O)[O-])ccc1Cl. The molecule has 0 aliphatic rings. The van der Waals surface area contributed by atoms with Gasteiger partial charge in [0.05, 0.1) is 22.3 Å². The van der Waals surface area contributed by atoms with E-state index in [1.165, 1.54) is 29.5 Å². The van der Waals surface area contributed by atoms with Crippen molar-refractivity contribution in [3.05, 3.63) is 61.3 Å². The predicted molar refractivity (Wildman–Crippen MR) is 84.9 cm³/mol. The molecule has 0 unspecified atom stereocenters. The molecule has 1 aromatic carbocycles. The molecule has 2 aromatic rings. The van der Waals surface area contributed by atoms with Gasteiger partial charge in [-0.05, 0) is 17.5 Å². The summed E-state index contributed by atoms with van der Waals surface area (Å²) in [6.45, 7) is 0. The fourth-order valence-electron chi connectivity index (χ4n) is 1.96. The highest BCUT2D eigenvalue weighted by Crippen LogP contribution is 2.29. The van der Waals surface area contributed by atoms with Gasteiger partial charge in [0, 0.05) is 22.7 Å². The molecule has 0 spiro atoms. The number of carbonyl (C=O) groups is 2. The van der Waals surface area contributed by atoms with Gasteiger partial charge in [0.15, 0.2) is 0 Å². The van der Waals surface area contributed by atoms with E-state index < -0.39 is 29.3 Å². The maximum atomic E-state index is 12.1. The molecule has 2 rings (SSSR count). The second-order valence-corrected chi connectivity index (χ2v) is 5.92. The van der Waals surface area contributed by atoms with Crippen molar-refractivity contribution in [2.24, 2.45) is 0 Å². The van der Waals surface area contributed by atoms with Gasteiger partial charge in [-0.3, -0.25) is 19.7 Å². The zero-order valence-corrected chi connectivity index (χ0v) is 13.1. The summed E-state index contributed by atoms with van der Waals surface area (Å²) in [5.41, 5.74) is -0.0432. The van der Waals surface area contributed by atoms with E-state index in [1.807, 2.05) is 0 Å². The van der Waals surface area contributed by atoms with E-state index >= 15 is 0 Å². The van der Waals surface area contributed by atoms with Crippen LogP contribution < -0.4 is 5.32 Å². The van der Waals surface area contributed by atoms with E-state index in [1.54, 1.807) is 17.5 Å². The zero-order chi connectivity index (χ0) is 17.0. The summed E-state index contributed by atoms with van der Waals surface area (Å²) < 4.78 is 0. The molecule has 0 fully saturated rings. The summed E-state index contributed by atoms with van der Waals surface area (Å²) in [6, 6.07) is 5.99. The molecule has 9 heteroatoms. The highest BCUT2D eigenvalue weighted by atomic mass is 35.5. The Labute approximate surface area is 139 Å². The zero-order valence-electron chi connectivity index (χ0n) is 11.6. The number of hydrogen-bond acceptors (Lipinski definition) is 5. The molecule has 1 heterocycles. The molecule has 1 amide bonds. The predicted octanol–water partition coefficient (Wildman–Crippen LogP) is 3.26. The summed E-state index contributed by atoms with van der Waals surface area (Å²) in [6.07, 6.45) is -0.446. The van der Waals surface area contributed by atoms with Crippen molar-refractivity contribution in [1.82, 2.24) is 5.32 Å². The van der Waals surface area contributed by atoms with Gasteiger partial charge in [-0.15, -0.1) is 11.3 Å². The van der Waals surface area contributed by atoms with Crippen LogP contribution in [0.3, 0.4) is 0 Å². The van der Waals surface area contributed by atoms with Gasteiger partial charge in [0.25, 0.3) is 11.6 Å². The maximum absolute atomic E-state index is 12.1. The molecule has 0 aliphatic carbocycles. The van der Waals surface area contributed by atoms with Crippen molar-refractivity contribution < 1.29 is 19.6 Å². The lowest BCUT2D eigenvalue weighted by atomic mass is 10.0. The topological polar surface area (TPSA) is 110 Å². The monoisotopic (exact) mass is 354 g/mol. The van der Waals surface area contributed by atoms with Crippen molar-refractivity contribution in [3.63, 3.8) is 0 Å². The van der Waals surface area contributed by atoms with Gasteiger partial charge < -0.3 is 10.4 Å². The third kappa shape index (κ3) is 4.27. The molecule has 23 heavy (non-hydrogen) atoms. The summed E-state index contributed by atoms with van der Waals surface area (Å²) in [4.78, 5) is 33.9. The molecule has 2 N–H and O–H groups in total. The number of nitro groups is 1. The van der Waals surface area contributed by atoms with Crippen LogP contribution in [0.4, 0.5) is 5.69 Å². The Hall–Kier alpha value is -2.45. The molecule has 0 radical (unpaired) electrons. The number of nitrogens with one attached hydrogen (secondary N) is 1. The summed E-state index contributed by atoms with van der Waals surface area (Å²) in [7, 11) is 0. The molecule has 0 saturated carbocycles. The largest absolute Gasteiger partial charge is 0.481 e. The Bertz CT molecular complexity index is 748. The first-order chi connectivity index (χ1) is 10.9. The fraction of sp³-hybridized carbons (Fsp3) is 0.143. The molecule has 1 aromatic heterocycles. The van der Waals surface area contributed by atoms with Gasteiger partial charge in [0.1, 0.15) is 0 Å². The molecule has 120 valence electrons. The minimum absolute atomic E-state index is 0.147. The molecule has 0 saturated heterocycles. The minimum Gasteiger partial charge on any atom is -0.481 e. The number of aliphatic carboxylic acids is 1. The highest BCUT2D eigenvalue weighted by Gasteiger charge is 2.23. The van der Waals surface area contributed by atoms with Crippen LogP contribution in [-0.2, 0) is 4.79 Å². The third-order valence-corrected chi connectivity index (χ3v) is 4.21. The van der Waals surface area contributed by atoms with Crippen LogP contribution in [0.25, 0.3) is 0 Å². The number of rotatable bonds is 6. The first-order valence-electron chi connectivity index (χ1n) is 6.38. The van der Waals surface area contributed by atoms with E-state index in [2.05, 4.69) is 5.32 Å². The number of halogens is 1. The number of non-ortho nitro benzene ring substituents is 1. The Morgan fingerprint density at radius 2 is 2.13 bits per heavy atom. The highest BCUT2D eigenvalue weighted by molar-refractivity contribution is 7.12. The lowest BCUT2D eigenvalue weighted by Gasteiger charge is -2.18. The minimum atomic E-state index is -1.16. The Morgan fingerprint density at radius 1 is 1.39 bits per heavy atom. The number of carbonyl (C=O) groups excluding carboxylic acids is 1. The lowest BCUT2D eigenvalue weighted by molar-refractivity contribution is -0.384. The first-order valence-corrected chi connectivity index (χ1v) is 7.64. The fourth-order valence-corrected chi connectivity index (χ4v) is 2.84. The van der Waals surface area contributed by atoms with Gasteiger partial charge in [-0.1, -0.05) is 17.7 Å². The van der Waals surface area contributed by atoms with Crippen molar-refractivity contribution in [1.29, 1.82) is 0 Å². The average Bonchev–Trinajstić information content (AvgIpc) is 3.00. The second kappa shape index (κ2) is 7.21. The molecular weight excluding hydrogens is 344 g/mol. The normalized spacial score (nSPS) is 11.7. The number of nitrogens with zero attached hydrogens (tertiary/aromatic N) is 1. The van der Waals surface area contributed by atoms with Crippen molar-refractivity contribution >= 4 is 40.5 Å². The van der Waals surface area contributed by atoms with E-state index in [9.17, 15) is 19.7 Å². The summed E-state index contributed by atoms with van der Waals surface area (Å²) in [5.74, 6) is -1.63. The number of hydrogen-bond donors (Lipinski definition) is 2. The molecule has 7 nitrogen and oxygen atoms in total. The van der Waals surface area contributed by atoms with Gasteiger partial charge in [-0.25, -0.2) is 0 Å². The van der Waals surface area contributed by atoms with Crippen LogP contribution >= 0.6 is 22.9 Å². The van der Waals surface area contributed by atoms with E-state index in [0.717, 1.165) is 0 Å². The van der Waals surface area contributed by atoms with E-state index in [4.69, 9.17) is 16.7 Å². The van der Waals surface area contributed by atoms with Crippen LogP contribution in [0.2, 0.25) is 5.02 Å². The molecular formula is C14H11ClN2O5S. The third-order valence-electron chi connectivity index (χ3n) is 2.99. The quantitative estimate of drug-likeness (QED) is 0.611. The number of thiophene rings is 1. The molecule has 1 atom stereocenters. The van der Waals surface area contributed by atoms with Gasteiger partial charge in [-0.2, -0.15) is 0 Å². The number of amides is 1. The molecule has 0 aliphatic heterocycles. The van der Waals surface area contributed by atoms with Crippen LogP contribution in [0, 0.1) is 10.1 Å². The van der Waals surface area contributed by atoms with Crippen molar-refractivity contribution in [2.75, 3.05) is 0 Å². The summed E-state index contributed by atoms with van der Waals surface area (Å²) >= 11 is 7.22. The van der Waals surface area contributed by atoms with Crippen LogP contribution in [-0.4, -0.2) is 21.9 Å². The second-order valence-electron chi connectivity index (χ2n) is 4.56. The number of nitro benzene ring substituents is 1. The van der Waals surface area contributed by atoms with Crippen LogP contribution in [0.5, 0.6) is 0 Å². The van der Waals surface area contributed by atoms with Crippen molar-refractivity contribution in [3.8, 4) is 0 Å². The Morgan fingerprint density at radius 3 is 2.70 bits per heavy atom. The first kappa shape index (κ1) is 16.9. The number of carboxylic acids is 1. The standard InChI is InChI=1S/C14H11ClN2O5S/c15-10-4-3-8(17(21)22)6-9(10)11(7-13(18)19)16-14(20)12-2-1-5-23-12/h1-6,11H,7H2,(H,16,20)(H,18,19)/t11-/m0/s1. The van der Waals surface area contributed by atoms with Crippen molar-refractivity contribution in [2.45, 2.75) is 12.5 Å². The van der Waals surface area contributed by atoms with E-state index in [0.29, 0.717) is 4.88 Å². The Kier molecular flexibility index (Phi) is 5.30. The smallest absolute Gasteiger partial charge is 0.305 e. The van der Waals surface area contributed by atoms with Gasteiger partial charge in [0.2, 0.25) is 0 Å².